The Bertz CT molecular complexity index is 297. The third-order valence-corrected chi connectivity index (χ3v) is 3.79. The molecule has 0 aromatic carbocycles. The zero-order valence-electron chi connectivity index (χ0n) is 11.9. The topological polar surface area (TPSA) is 84.2 Å². The summed E-state index contributed by atoms with van der Waals surface area (Å²) in [6.45, 7) is 7.76. The van der Waals surface area contributed by atoms with Gasteiger partial charge in [-0.2, -0.15) is 0 Å². The zero-order chi connectivity index (χ0) is 14.3. The molecule has 0 aliphatic carbocycles. The third-order valence-electron chi connectivity index (χ3n) is 2.62. The molecular formula is C12H25N3O2S. The Morgan fingerprint density at radius 3 is 2.28 bits per heavy atom. The molecule has 0 fully saturated rings. The first-order chi connectivity index (χ1) is 8.21. The van der Waals surface area contributed by atoms with E-state index in [9.17, 15) is 9.59 Å². The average molecular weight is 275 g/mol. The van der Waals surface area contributed by atoms with Gasteiger partial charge >= 0.3 is 0 Å². The van der Waals surface area contributed by atoms with Crippen LogP contribution in [0.2, 0.25) is 0 Å². The first-order valence-corrected chi connectivity index (χ1v) is 7.16. The molecule has 5 nitrogen and oxygen atoms in total. The highest BCUT2D eigenvalue weighted by molar-refractivity contribution is 8.00. The number of amides is 2. The van der Waals surface area contributed by atoms with Gasteiger partial charge in [-0.3, -0.25) is 9.59 Å². The summed E-state index contributed by atoms with van der Waals surface area (Å²) >= 11 is 1.52. The average Bonchev–Trinajstić information content (AvgIpc) is 2.24. The smallest absolute Gasteiger partial charge is 0.237 e. The molecule has 0 saturated heterocycles. The number of rotatable bonds is 8. The maximum atomic E-state index is 11.6. The van der Waals surface area contributed by atoms with Crippen LogP contribution in [-0.2, 0) is 9.59 Å². The van der Waals surface area contributed by atoms with E-state index in [0.717, 1.165) is 0 Å². The summed E-state index contributed by atoms with van der Waals surface area (Å²) in [4.78, 5) is 22.7. The van der Waals surface area contributed by atoms with Crippen molar-refractivity contribution in [2.24, 2.45) is 5.73 Å². The molecule has 2 amide bonds. The lowest BCUT2D eigenvalue weighted by Crippen LogP contribution is -2.56. The summed E-state index contributed by atoms with van der Waals surface area (Å²) in [6, 6.07) is 0.179. The number of carbonyl (C=O) groups excluding carboxylic acids is 2. The third kappa shape index (κ3) is 6.26. The van der Waals surface area contributed by atoms with Gasteiger partial charge in [0.1, 0.15) is 0 Å². The van der Waals surface area contributed by atoms with Crippen LogP contribution < -0.4 is 16.4 Å². The van der Waals surface area contributed by atoms with Gasteiger partial charge in [-0.05, 0) is 27.2 Å². The first-order valence-electron chi connectivity index (χ1n) is 6.11. The van der Waals surface area contributed by atoms with Crippen LogP contribution in [0.25, 0.3) is 0 Å². The number of nitrogens with two attached hydrogens (primary N) is 1. The van der Waals surface area contributed by atoms with Crippen LogP contribution in [0.5, 0.6) is 0 Å². The minimum atomic E-state index is -0.733. The maximum Gasteiger partial charge on any atom is 0.237 e. The van der Waals surface area contributed by atoms with E-state index in [1.165, 1.54) is 11.8 Å². The highest BCUT2D eigenvalue weighted by Gasteiger charge is 2.33. The van der Waals surface area contributed by atoms with Crippen LogP contribution in [0.1, 0.15) is 34.1 Å². The minimum Gasteiger partial charge on any atom is -0.368 e. The summed E-state index contributed by atoms with van der Waals surface area (Å²) in [6.07, 6.45) is 0.599. The molecule has 0 aromatic rings. The lowest BCUT2D eigenvalue weighted by molar-refractivity contribution is -0.124. The van der Waals surface area contributed by atoms with E-state index in [2.05, 4.69) is 10.6 Å². The van der Waals surface area contributed by atoms with Crippen LogP contribution in [0, 0.1) is 0 Å². The van der Waals surface area contributed by atoms with Gasteiger partial charge in [0.15, 0.2) is 0 Å². The molecule has 4 N–H and O–H groups in total. The largest absolute Gasteiger partial charge is 0.368 e. The van der Waals surface area contributed by atoms with Crippen molar-refractivity contribution in [3.8, 4) is 0 Å². The van der Waals surface area contributed by atoms with Crippen molar-refractivity contribution >= 4 is 23.6 Å². The Morgan fingerprint density at radius 2 is 1.89 bits per heavy atom. The zero-order valence-corrected chi connectivity index (χ0v) is 12.7. The Kier molecular flexibility index (Phi) is 7.32. The van der Waals surface area contributed by atoms with E-state index in [0.29, 0.717) is 12.2 Å². The number of hydrogen-bond donors (Lipinski definition) is 3. The fraction of sp³-hybridized carbons (Fsp3) is 0.833. The molecule has 2 atom stereocenters. The van der Waals surface area contributed by atoms with Crippen LogP contribution in [0.15, 0.2) is 0 Å². The van der Waals surface area contributed by atoms with Crippen molar-refractivity contribution < 1.29 is 9.59 Å². The van der Waals surface area contributed by atoms with Gasteiger partial charge in [0.25, 0.3) is 0 Å². The highest BCUT2D eigenvalue weighted by Crippen LogP contribution is 2.22. The van der Waals surface area contributed by atoms with Gasteiger partial charge in [-0.1, -0.05) is 6.92 Å². The molecule has 0 saturated carbocycles. The molecule has 0 heterocycles. The summed E-state index contributed by atoms with van der Waals surface area (Å²) in [5.74, 6) is 0.0295. The van der Waals surface area contributed by atoms with Crippen molar-refractivity contribution in [1.82, 2.24) is 10.6 Å². The Morgan fingerprint density at radius 1 is 1.33 bits per heavy atom. The van der Waals surface area contributed by atoms with Gasteiger partial charge in [0.2, 0.25) is 11.8 Å². The molecule has 106 valence electrons. The molecule has 0 radical (unpaired) electrons. The standard InChI is InChI=1S/C12H25N3O2S/c1-8(2)15-12(4,11(13)17)6-9(3)18-7-10(16)14-5/h8-9,15H,6-7H2,1-5H3,(H2,13,17)(H,14,16). The number of hydrogen-bond acceptors (Lipinski definition) is 4. The van der Waals surface area contributed by atoms with Crippen LogP contribution >= 0.6 is 11.8 Å². The predicted molar refractivity (Wildman–Crippen MR) is 76.5 cm³/mol. The fourth-order valence-corrected chi connectivity index (χ4v) is 2.82. The van der Waals surface area contributed by atoms with Crippen molar-refractivity contribution in [3.05, 3.63) is 0 Å². The fourth-order valence-electron chi connectivity index (χ4n) is 1.79. The summed E-state index contributed by atoms with van der Waals surface area (Å²) in [5.41, 5.74) is 4.73. The maximum absolute atomic E-state index is 11.6. The lowest BCUT2D eigenvalue weighted by atomic mass is 9.94. The molecule has 0 aromatic heterocycles. The number of primary amides is 1. The van der Waals surface area contributed by atoms with E-state index in [-0.39, 0.29) is 23.1 Å². The van der Waals surface area contributed by atoms with Gasteiger partial charge in [-0.15, -0.1) is 11.8 Å². The molecule has 0 rings (SSSR count). The van der Waals surface area contributed by atoms with Gasteiger partial charge in [-0.25, -0.2) is 0 Å². The van der Waals surface area contributed by atoms with Crippen molar-refractivity contribution in [2.45, 2.75) is 50.9 Å². The number of carbonyl (C=O) groups is 2. The monoisotopic (exact) mass is 275 g/mol. The van der Waals surface area contributed by atoms with Crippen LogP contribution in [-0.4, -0.2) is 41.4 Å². The molecule has 0 bridgehead atoms. The summed E-state index contributed by atoms with van der Waals surface area (Å²) in [7, 11) is 1.61. The molecular weight excluding hydrogens is 250 g/mol. The molecule has 18 heavy (non-hydrogen) atoms. The number of nitrogens with one attached hydrogen (secondary N) is 2. The first kappa shape index (κ1) is 17.2. The van der Waals surface area contributed by atoms with E-state index in [1.807, 2.05) is 27.7 Å². The van der Waals surface area contributed by atoms with Crippen LogP contribution in [0.4, 0.5) is 0 Å². The van der Waals surface area contributed by atoms with E-state index >= 15 is 0 Å². The second-order valence-corrected chi connectivity index (χ2v) is 6.42. The summed E-state index contributed by atoms with van der Waals surface area (Å²) < 4.78 is 0. The molecule has 0 aliphatic rings. The van der Waals surface area contributed by atoms with Crippen molar-refractivity contribution in [1.29, 1.82) is 0 Å². The predicted octanol–water partition coefficient (Wildman–Crippen LogP) is 0.486. The molecule has 0 spiro atoms. The van der Waals surface area contributed by atoms with Gasteiger partial charge < -0.3 is 16.4 Å². The highest BCUT2D eigenvalue weighted by atomic mass is 32.2. The van der Waals surface area contributed by atoms with Gasteiger partial charge in [0, 0.05) is 18.3 Å². The SMILES string of the molecule is CNC(=O)CSC(C)CC(C)(NC(C)C)C(N)=O. The second kappa shape index (κ2) is 7.63. The van der Waals surface area contributed by atoms with Crippen molar-refractivity contribution in [3.63, 3.8) is 0 Å². The Labute approximate surface area is 114 Å². The quantitative estimate of drug-likeness (QED) is 0.602. The Hall–Kier alpha value is -0.750. The molecule has 2 unspecified atom stereocenters. The van der Waals surface area contributed by atoms with E-state index < -0.39 is 5.54 Å². The molecule has 6 heteroatoms. The van der Waals surface area contributed by atoms with Gasteiger partial charge in [0.05, 0.1) is 11.3 Å². The Balaban J connectivity index is 4.41. The minimum absolute atomic E-state index is 0.00977. The van der Waals surface area contributed by atoms with E-state index in [4.69, 9.17) is 5.73 Å². The van der Waals surface area contributed by atoms with E-state index in [1.54, 1.807) is 7.05 Å². The number of thioether (sulfide) groups is 1. The van der Waals surface area contributed by atoms with Crippen molar-refractivity contribution in [2.75, 3.05) is 12.8 Å². The van der Waals surface area contributed by atoms with Crippen LogP contribution in [0.3, 0.4) is 0 Å². The lowest BCUT2D eigenvalue weighted by Gasteiger charge is -2.32. The second-order valence-electron chi connectivity index (χ2n) is 4.99. The molecule has 0 aliphatic heterocycles. The summed E-state index contributed by atoms with van der Waals surface area (Å²) in [5, 5.41) is 5.94. The normalized spacial score (nSPS) is 16.1.